The van der Waals surface area contributed by atoms with Crippen LogP contribution in [-0.2, 0) is 22.9 Å². The van der Waals surface area contributed by atoms with E-state index in [2.05, 4.69) is 22.6 Å². The van der Waals surface area contributed by atoms with E-state index < -0.39 is 22.6 Å². The van der Waals surface area contributed by atoms with Crippen LogP contribution in [0.1, 0.15) is 17.7 Å². The number of rotatable bonds is 8. The number of nitrogens with one attached hydrogen (secondary N) is 2. The number of anilines is 2. The number of aromatic nitrogens is 1. The molecular weight excluding hydrogens is 545 g/mol. The molecule has 1 aliphatic rings. The molecule has 1 fully saturated rings. The average molecular weight is 577 g/mol. The van der Waals surface area contributed by atoms with Crippen LogP contribution in [0.2, 0.25) is 0 Å². The molecule has 0 unspecified atom stereocenters. The van der Waals surface area contributed by atoms with Crippen molar-refractivity contribution in [1.29, 1.82) is 0 Å². The highest BCUT2D eigenvalue weighted by Gasteiger charge is 2.31. The van der Waals surface area contributed by atoms with Gasteiger partial charge in [-0.2, -0.15) is 13.2 Å². The van der Waals surface area contributed by atoms with Crippen LogP contribution in [0, 0.1) is 0 Å². The zero-order valence-corrected chi connectivity index (χ0v) is 23.4. The number of likely N-dealkylation sites (tertiary alicyclic amines) is 1. The predicted octanol–water partition coefficient (Wildman–Crippen LogP) is 6.45. The van der Waals surface area contributed by atoms with Crippen molar-refractivity contribution >= 4 is 43.5 Å². The lowest BCUT2D eigenvalue weighted by atomic mass is 10.0. The molecule has 2 aromatic heterocycles. The average Bonchev–Trinajstić information content (AvgIpc) is 3.48. The van der Waals surface area contributed by atoms with Gasteiger partial charge in [-0.1, -0.05) is 6.07 Å². The Kier molecular flexibility index (Phi) is 7.67. The first-order chi connectivity index (χ1) is 18.5. The monoisotopic (exact) mass is 576 g/mol. The van der Waals surface area contributed by atoms with Gasteiger partial charge >= 0.3 is 6.18 Å². The number of thiophene rings is 1. The number of nitrogens with zero attached hydrogens (tertiary/aromatic N) is 2. The van der Waals surface area contributed by atoms with Crippen molar-refractivity contribution in [2.75, 3.05) is 37.0 Å². The van der Waals surface area contributed by atoms with Crippen LogP contribution < -0.4 is 10.6 Å². The molecule has 3 heterocycles. The minimum absolute atomic E-state index is 0.244. The van der Waals surface area contributed by atoms with E-state index >= 15 is 0 Å². The lowest BCUT2D eigenvalue weighted by Crippen LogP contribution is -2.36. The van der Waals surface area contributed by atoms with Gasteiger partial charge in [0.05, 0.1) is 21.0 Å². The molecule has 208 valence electrons. The summed E-state index contributed by atoms with van der Waals surface area (Å²) in [5, 5.41) is 7.63. The summed E-state index contributed by atoms with van der Waals surface area (Å²) in [6.07, 6.45) is -1.23. The predicted molar refractivity (Wildman–Crippen MR) is 152 cm³/mol. The minimum Gasteiger partial charge on any atom is -0.382 e. The van der Waals surface area contributed by atoms with Crippen molar-refractivity contribution in [3.63, 3.8) is 0 Å². The van der Waals surface area contributed by atoms with Gasteiger partial charge in [-0.05, 0) is 87.6 Å². The second-order valence-electron chi connectivity index (χ2n) is 10.1. The second kappa shape index (κ2) is 10.9. The number of hydrogen-bond acceptors (Lipinski definition) is 6. The van der Waals surface area contributed by atoms with Gasteiger partial charge < -0.3 is 20.1 Å². The Balaban J connectivity index is 1.41. The van der Waals surface area contributed by atoms with Crippen molar-refractivity contribution in [2.24, 2.45) is 0 Å². The van der Waals surface area contributed by atoms with Gasteiger partial charge in [0.15, 0.2) is 9.84 Å². The Hall–Kier alpha value is -3.02. The molecule has 39 heavy (non-hydrogen) atoms. The fourth-order valence-electron chi connectivity index (χ4n) is 4.96. The molecule has 1 saturated heterocycles. The van der Waals surface area contributed by atoms with Crippen molar-refractivity contribution in [2.45, 2.75) is 43.0 Å². The van der Waals surface area contributed by atoms with Gasteiger partial charge in [-0.25, -0.2) is 8.42 Å². The molecule has 5 rings (SSSR count). The minimum atomic E-state index is -4.36. The number of benzene rings is 2. The van der Waals surface area contributed by atoms with Crippen molar-refractivity contribution in [3.8, 4) is 10.6 Å². The lowest BCUT2D eigenvalue weighted by molar-refractivity contribution is -0.139. The van der Waals surface area contributed by atoms with E-state index in [-0.39, 0.29) is 10.9 Å². The summed E-state index contributed by atoms with van der Waals surface area (Å²) in [4.78, 5) is 4.23. The van der Waals surface area contributed by atoms with Crippen molar-refractivity contribution in [3.05, 3.63) is 65.5 Å². The largest absolute Gasteiger partial charge is 0.406 e. The van der Waals surface area contributed by atoms with E-state index in [0.717, 1.165) is 58.7 Å². The highest BCUT2D eigenvalue weighted by Crippen LogP contribution is 2.38. The molecule has 11 heteroatoms. The Morgan fingerprint density at radius 2 is 1.74 bits per heavy atom. The summed E-state index contributed by atoms with van der Waals surface area (Å²) >= 11 is 1.44. The molecule has 0 spiro atoms. The van der Waals surface area contributed by atoms with Crippen molar-refractivity contribution < 1.29 is 21.6 Å². The topological polar surface area (TPSA) is 66.4 Å². The Morgan fingerprint density at radius 1 is 1.03 bits per heavy atom. The third-order valence-corrected chi connectivity index (χ3v) is 9.26. The van der Waals surface area contributed by atoms with E-state index in [1.54, 1.807) is 30.3 Å². The van der Waals surface area contributed by atoms with Crippen LogP contribution in [0.4, 0.5) is 24.5 Å². The highest BCUT2D eigenvalue weighted by molar-refractivity contribution is 7.90. The van der Waals surface area contributed by atoms with Crippen LogP contribution >= 0.6 is 11.3 Å². The Bertz CT molecular complexity index is 1550. The van der Waals surface area contributed by atoms with Crippen LogP contribution in [-0.4, -0.2) is 56.5 Å². The van der Waals surface area contributed by atoms with Crippen LogP contribution in [0.3, 0.4) is 0 Å². The molecule has 2 aromatic carbocycles. The SMILES string of the molecule is CN1CCC(Nc2cccc3c2cc(-c2ccc(CNc4ccc(S(C)(=O)=O)cc4)s2)n3CC(F)(F)F)CC1. The normalized spacial score (nSPS) is 15.6. The summed E-state index contributed by atoms with van der Waals surface area (Å²) in [5.74, 6) is 0. The van der Waals surface area contributed by atoms with Crippen LogP contribution in [0.15, 0.2) is 65.6 Å². The maximum Gasteiger partial charge on any atom is 0.406 e. The fraction of sp³-hybridized carbons (Fsp3) is 0.357. The molecule has 0 bridgehead atoms. The Labute approximate surface area is 230 Å². The molecule has 0 atom stereocenters. The van der Waals surface area contributed by atoms with Gasteiger partial charge in [0.25, 0.3) is 0 Å². The maximum absolute atomic E-state index is 13.7. The fourth-order valence-corrected chi connectivity index (χ4v) is 6.56. The van der Waals surface area contributed by atoms with Gasteiger partial charge in [-0.3, -0.25) is 0 Å². The first-order valence-electron chi connectivity index (χ1n) is 12.7. The molecule has 2 N–H and O–H groups in total. The van der Waals surface area contributed by atoms with Crippen molar-refractivity contribution in [1.82, 2.24) is 9.47 Å². The van der Waals surface area contributed by atoms with E-state index in [9.17, 15) is 21.6 Å². The highest BCUT2D eigenvalue weighted by atomic mass is 32.2. The summed E-state index contributed by atoms with van der Waals surface area (Å²) in [6.45, 7) is 1.37. The number of piperidine rings is 1. The van der Waals surface area contributed by atoms with Crippen LogP contribution in [0.5, 0.6) is 0 Å². The maximum atomic E-state index is 13.7. The first kappa shape index (κ1) is 27.5. The smallest absolute Gasteiger partial charge is 0.382 e. The molecule has 1 aliphatic heterocycles. The summed E-state index contributed by atoms with van der Waals surface area (Å²) < 4.78 is 65.8. The number of halogens is 3. The van der Waals surface area contributed by atoms with Gasteiger partial charge in [0.2, 0.25) is 0 Å². The molecule has 0 saturated carbocycles. The van der Waals surface area contributed by atoms with E-state index in [1.807, 2.05) is 30.3 Å². The quantitative estimate of drug-likeness (QED) is 0.252. The first-order valence-corrected chi connectivity index (χ1v) is 15.4. The molecule has 6 nitrogen and oxygen atoms in total. The summed E-state index contributed by atoms with van der Waals surface area (Å²) in [6, 6.07) is 17.9. The summed E-state index contributed by atoms with van der Waals surface area (Å²) in [7, 11) is -1.17. The molecular formula is C28H31F3N4O2S2. The number of alkyl halides is 3. The van der Waals surface area contributed by atoms with E-state index in [0.29, 0.717) is 17.8 Å². The third-order valence-electron chi connectivity index (χ3n) is 7.02. The number of fused-ring (bicyclic) bond motifs is 1. The van der Waals surface area contributed by atoms with E-state index in [1.165, 1.54) is 15.9 Å². The Morgan fingerprint density at radius 3 is 2.41 bits per heavy atom. The lowest BCUT2D eigenvalue weighted by Gasteiger charge is -2.30. The van der Waals surface area contributed by atoms with Gasteiger partial charge in [0, 0.05) is 40.5 Å². The molecule has 4 aromatic rings. The standard InChI is InChI=1S/C28H31F3N4O2S2/c1-34-14-12-20(13-15-34)33-24-4-3-5-25-23(24)16-26(35(25)18-28(29,30)31)27-11-8-21(38-27)17-32-19-6-9-22(10-7-19)39(2,36)37/h3-11,16,20,32-33H,12-15,17-18H2,1-2H3. The van der Waals surface area contributed by atoms with E-state index in [4.69, 9.17) is 0 Å². The zero-order valence-electron chi connectivity index (χ0n) is 21.8. The molecule has 0 radical (unpaired) electrons. The summed E-state index contributed by atoms with van der Waals surface area (Å²) in [5.41, 5.74) is 2.71. The van der Waals surface area contributed by atoms with Gasteiger partial charge in [-0.15, -0.1) is 11.3 Å². The van der Waals surface area contributed by atoms with Crippen LogP contribution in [0.25, 0.3) is 21.5 Å². The zero-order chi connectivity index (χ0) is 27.8. The number of sulfone groups is 1. The molecule has 0 amide bonds. The number of hydrogen-bond donors (Lipinski definition) is 2. The van der Waals surface area contributed by atoms with Gasteiger partial charge in [0.1, 0.15) is 6.54 Å². The molecule has 0 aliphatic carbocycles. The third kappa shape index (κ3) is 6.59. The second-order valence-corrected chi connectivity index (χ2v) is 13.3.